The topological polar surface area (TPSA) is 76.0 Å². The average molecular weight is 449 g/mol. The van der Waals surface area contributed by atoms with E-state index in [2.05, 4.69) is 15.7 Å². The van der Waals surface area contributed by atoms with Crippen molar-refractivity contribution >= 4 is 35.0 Å². The zero-order valence-electron chi connectivity index (χ0n) is 16.8. The van der Waals surface area contributed by atoms with Crippen molar-refractivity contribution in [2.45, 2.75) is 50.9 Å². The Morgan fingerprint density at radius 1 is 1.03 bits per heavy atom. The van der Waals surface area contributed by atoms with Crippen molar-refractivity contribution in [3.05, 3.63) is 45.7 Å². The number of nitrogens with zero attached hydrogens (tertiary/aromatic N) is 2. The Kier molecular flexibility index (Phi) is 6.64. The summed E-state index contributed by atoms with van der Waals surface area (Å²) in [5.41, 5.74) is 2.15. The molecule has 8 heteroatoms. The van der Waals surface area contributed by atoms with Crippen LogP contribution in [-0.2, 0) is 4.79 Å². The van der Waals surface area contributed by atoms with Gasteiger partial charge in [-0.3, -0.25) is 9.59 Å². The summed E-state index contributed by atoms with van der Waals surface area (Å²) >= 11 is 12.4. The zero-order valence-corrected chi connectivity index (χ0v) is 18.3. The van der Waals surface area contributed by atoms with Crippen LogP contribution in [0.2, 0.25) is 10.0 Å². The first-order valence-electron chi connectivity index (χ1n) is 10.6. The molecule has 1 heterocycles. The summed E-state index contributed by atoms with van der Waals surface area (Å²) in [7, 11) is 0. The Morgan fingerprint density at radius 2 is 1.77 bits per heavy atom. The number of carbonyl (C=O) groups is 2. The fourth-order valence-corrected chi connectivity index (χ4v) is 4.58. The van der Waals surface area contributed by atoms with Gasteiger partial charge in [-0.25, -0.2) is 4.68 Å². The normalized spacial score (nSPS) is 17.0. The molecule has 2 aliphatic carbocycles. The molecule has 0 saturated heterocycles. The number of rotatable bonds is 7. The Morgan fingerprint density at radius 3 is 2.47 bits per heavy atom. The number of aromatic nitrogens is 2. The molecular formula is C22H26Cl2N4O2. The van der Waals surface area contributed by atoms with E-state index in [0.29, 0.717) is 40.3 Å². The maximum atomic E-state index is 12.8. The molecule has 2 N–H and O–H groups in total. The van der Waals surface area contributed by atoms with Gasteiger partial charge in [-0.15, -0.1) is 0 Å². The van der Waals surface area contributed by atoms with Crippen molar-refractivity contribution < 1.29 is 9.59 Å². The summed E-state index contributed by atoms with van der Waals surface area (Å²) < 4.78 is 1.75. The van der Waals surface area contributed by atoms with Crippen LogP contribution in [0.4, 0.5) is 0 Å². The van der Waals surface area contributed by atoms with E-state index in [-0.39, 0.29) is 17.7 Å². The van der Waals surface area contributed by atoms with Crippen molar-refractivity contribution in [2.75, 3.05) is 13.1 Å². The molecule has 0 radical (unpaired) electrons. The lowest BCUT2D eigenvalue weighted by atomic mass is 9.89. The van der Waals surface area contributed by atoms with Crippen LogP contribution in [0.15, 0.2) is 24.4 Å². The Balaban J connectivity index is 1.38. The van der Waals surface area contributed by atoms with Crippen LogP contribution in [0.5, 0.6) is 0 Å². The summed E-state index contributed by atoms with van der Waals surface area (Å²) in [5.74, 6) is 0.345. The molecule has 30 heavy (non-hydrogen) atoms. The molecule has 160 valence electrons. The van der Waals surface area contributed by atoms with Gasteiger partial charge in [-0.2, -0.15) is 5.10 Å². The van der Waals surface area contributed by atoms with E-state index in [1.165, 1.54) is 6.42 Å². The molecule has 0 spiro atoms. The average Bonchev–Trinajstić information content (AvgIpc) is 3.50. The van der Waals surface area contributed by atoms with Crippen molar-refractivity contribution in [2.24, 2.45) is 5.92 Å². The van der Waals surface area contributed by atoms with E-state index in [1.807, 2.05) is 6.07 Å². The molecule has 0 atom stereocenters. The van der Waals surface area contributed by atoms with Crippen molar-refractivity contribution in [1.82, 2.24) is 20.4 Å². The number of benzene rings is 1. The SMILES string of the molecule is O=C(NCCNC(=O)C1CCCCC1)c1cnn(-c2ccc(Cl)cc2Cl)c1C1CC1. The van der Waals surface area contributed by atoms with Gasteiger partial charge in [0.25, 0.3) is 5.91 Å². The maximum absolute atomic E-state index is 12.8. The molecule has 1 aromatic heterocycles. The van der Waals surface area contributed by atoms with Crippen LogP contribution in [-0.4, -0.2) is 34.7 Å². The number of hydrogen-bond acceptors (Lipinski definition) is 3. The van der Waals surface area contributed by atoms with Gasteiger partial charge in [0.15, 0.2) is 0 Å². The van der Waals surface area contributed by atoms with E-state index < -0.39 is 0 Å². The van der Waals surface area contributed by atoms with Crippen LogP contribution in [0, 0.1) is 5.92 Å². The summed E-state index contributed by atoms with van der Waals surface area (Å²) in [5, 5.41) is 11.3. The number of halogens is 2. The van der Waals surface area contributed by atoms with Gasteiger partial charge in [-0.1, -0.05) is 42.5 Å². The predicted octanol–water partition coefficient (Wildman–Crippen LogP) is 4.48. The molecule has 2 aromatic rings. The maximum Gasteiger partial charge on any atom is 0.254 e. The van der Waals surface area contributed by atoms with Crippen molar-refractivity contribution in [3.8, 4) is 5.69 Å². The third-order valence-electron chi connectivity index (χ3n) is 5.84. The molecule has 0 unspecified atom stereocenters. The Labute approximate surface area is 186 Å². The minimum atomic E-state index is -0.180. The summed E-state index contributed by atoms with van der Waals surface area (Å²) in [6, 6.07) is 5.24. The highest BCUT2D eigenvalue weighted by atomic mass is 35.5. The molecule has 4 rings (SSSR count). The van der Waals surface area contributed by atoms with Crippen molar-refractivity contribution in [1.29, 1.82) is 0 Å². The van der Waals surface area contributed by atoms with Crippen LogP contribution >= 0.6 is 23.2 Å². The minimum Gasteiger partial charge on any atom is -0.354 e. The first kappa shape index (κ1) is 21.2. The van der Waals surface area contributed by atoms with Gasteiger partial charge >= 0.3 is 0 Å². The van der Waals surface area contributed by atoms with Crippen LogP contribution in [0.1, 0.15) is 66.9 Å². The van der Waals surface area contributed by atoms with Gasteiger partial charge in [-0.05, 0) is 43.9 Å². The first-order chi connectivity index (χ1) is 14.5. The molecule has 6 nitrogen and oxygen atoms in total. The predicted molar refractivity (Wildman–Crippen MR) is 117 cm³/mol. The van der Waals surface area contributed by atoms with Gasteiger partial charge in [0.1, 0.15) is 0 Å². The molecule has 1 aromatic carbocycles. The monoisotopic (exact) mass is 448 g/mol. The number of nitrogens with one attached hydrogen (secondary N) is 2. The summed E-state index contributed by atoms with van der Waals surface area (Å²) in [6.07, 6.45) is 9.04. The van der Waals surface area contributed by atoms with E-state index in [4.69, 9.17) is 23.2 Å². The lowest BCUT2D eigenvalue weighted by molar-refractivity contribution is -0.125. The minimum absolute atomic E-state index is 0.104. The van der Waals surface area contributed by atoms with Gasteiger partial charge in [0, 0.05) is 29.9 Å². The smallest absolute Gasteiger partial charge is 0.254 e. The van der Waals surface area contributed by atoms with Crippen LogP contribution in [0.3, 0.4) is 0 Å². The van der Waals surface area contributed by atoms with E-state index >= 15 is 0 Å². The number of carbonyl (C=O) groups excluding carboxylic acids is 2. The van der Waals surface area contributed by atoms with E-state index in [9.17, 15) is 9.59 Å². The van der Waals surface area contributed by atoms with Gasteiger partial charge in [0.2, 0.25) is 5.91 Å². The molecule has 0 bridgehead atoms. The zero-order chi connectivity index (χ0) is 21.1. The standard InChI is InChI=1S/C22H26Cl2N4O2/c23-16-8-9-19(18(24)12-16)28-20(14-6-7-14)17(13-27-28)22(30)26-11-10-25-21(29)15-4-2-1-3-5-15/h8-9,12-15H,1-7,10-11H2,(H,25,29)(H,26,30). The molecule has 2 aliphatic rings. The Hall–Kier alpha value is -2.05. The summed E-state index contributed by atoms with van der Waals surface area (Å²) in [4.78, 5) is 25.0. The molecule has 2 fully saturated rings. The summed E-state index contributed by atoms with van der Waals surface area (Å²) in [6.45, 7) is 0.811. The van der Waals surface area contributed by atoms with Crippen LogP contribution < -0.4 is 10.6 Å². The second-order valence-corrected chi connectivity index (χ2v) is 8.95. The van der Waals surface area contributed by atoms with E-state index in [1.54, 1.807) is 23.0 Å². The Bertz CT molecular complexity index is 933. The lowest BCUT2D eigenvalue weighted by Gasteiger charge is -2.20. The van der Waals surface area contributed by atoms with Crippen molar-refractivity contribution in [3.63, 3.8) is 0 Å². The second-order valence-electron chi connectivity index (χ2n) is 8.11. The van der Waals surface area contributed by atoms with Crippen LogP contribution in [0.25, 0.3) is 5.69 Å². The highest BCUT2D eigenvalue weighted by molar-refractivity contribution is 6.35. The van der Waals surface area contributed by atoms with Gasteiger partial charge in [0.05, 0.1) is 28.2 Å². The first-order valence-corrected chi connectivity index (χ1v) is 11.4. The van der Waals surface area contributed by atoms with Gasteiger partial charge < -0.3 is 10.6 Å². The fraction of sp³-hybridized carbons (Fsp3) is 0.500. The highest BCUT2D eigenvalue weighted by Crippen LogP contribution is 2.43. The molecule has 2 amide bonds. The molecule has 2 saturated carbocycles. The number of hydrogen-bond donors (Lipinski definition) is 2. The quantitative estimate of drug-likeness (QED) is 0.612. The molecule has 0 aliphatic heterocycles. The fourth-order valence-electron chi connectivity index (χ4n) is 4.09. The highest BCUT2D eigenvalue weighted by Gasteiger charge is 2.33. The largest absolute Gasteiger partial charge is 0.354 e. The number of amides is 2. The molecular weight excluding hydrogens is 423 g/mol. The third kappa shape index (κ3) is 4.81. The van der Waals surface area contributed by atoms with E-state index in [0.717, 1.165) is 44.2 Å². The third-order valence-corrected chi connectivity index (χ3v) is 6.38. The lowest BCUT2D eigenvalue weighted by Crippen LogP contribution is -2.38. The second kappa shape index (κ2) is 9.40.